The molecular formula is C14H18N2O. The van der Waals surface area contributed by atoms with E-state index in [9.17, 15) is 4.79 Å². The number of carbonyl (C=O) groups is 1. The van der Waals surface area contributed by atoms with Crippen LogP contribution in [0.3, 0.4) is 0 Å². The number of carbonyl (C=O) groups excluding carboxylic acids is 1. The highest BCUT2D eigenvalue weighted by Gasteiger charge is 2.40. The molecule has 0 bridgehead atoms. The number of fused-ring (bicyclic) bond motifs is 1. The number of benzene rings is 1. The van der Waals surface area contributed by atoms with E-state index in [1.54, 1.807) is 0 Å². The standard InChI is InChI=1S/C14H18N2O/c1-14(6-7-14)16-13(17)12-8-10-4-2-3-5-11(10)9-15-12/h2-5,12,15H,6-9H2,1H3,(H,16,17)/t12-/m1/s1. The van der Waals surface area contributed by atoms with Crippen LogP contribution in [0.1, 0.15) is 30.9 Å². The summed E-state index contributed by atoms with van der Waals surface area (Å²) in [5, 5.41) is 6.44. The van der Waals surface area contributed by atoms with Crippen molar-refractivity contribution >= 4 is 5.91 Å². The van der Waals surface area contributed by atoms with E-state index < -0.39 is 0 Å². The summed E-state index contributed by atoms with van der Waals surface area (Å²) in [5.41, 5.74) is 2.69. The molecule has 2 aliphatic rings. The van der Waals surface area contributed by atoms with Crippen LogP contribution in [0.25, 0.3) is 0 Å². The van der Waals surface area contributed by atoms with Crippen LogP contribution < -0.4 is 10.6 Å². The fourth-order valence-electron chi connectivity index (χ4n) is 2.34. The number of amides is 1. The van der Waals surface area contributed by atoms with E-state index in [4.69, 9.17) is 0 Å². The second-order valence-electron chi connectivity index (χ2n) is 5.46. The van der Waals surface area contributed by atoms with Crippen LogP contribution in [0, 0.1) is 0 Å². The van der Waals surface area contributed by atoms with Gasteiger partial charge < -0.3 is 10.6 Å². The molecule has 0 aromatic heterocycles. The van der Waals surface area contributed by atoms with Gasteiger partial charge in [-0.2, -0.15) is 0 Å². The Labute approximate surface area is 102 Å². The minimum atomic E-state index is -0.0673. The predicted molar refractivity (Wildman–Crippen MR) is 66.6 cm³/mol. The van der Waals surface area contributed by atoms with E-state index in [0.29, 0.717) is 0 Å². The Hall–Kier alpha value is -1.35. The van der Waals surface area contributed by atoms with Crippen molar-refractivity contribution in [2.45, 2.75) is 44.3 Å². The van der Waals surface area contributed by atoms with Crippen molar-refractivity contribution in [3.8, 4) is 0 Å². The second-order valence-corrected chi connectivity index (χ2v) is 5.46. The topological polar surface area (TPSA) is 41.1 Å². The van der Waals surface area contributed by atoms with Gasteiger partial charge in [-0.25, -0.2) is 0 Å². The molecule has 1 aliphatic carbocycles. The Morgan fingerprint density at radius 2 is 2.06 bits per heavy atom. The molecule has 0 saturated heterocycles. The lowest BCUT2D eigenvalue weighted by Crippen LogP contribution is -2.50. The number of hydrogen-bond donors (Lipinski definition) is 2. The molecule has 17 heavy (non-hydrogen) atoms. The molecule has 1 aromatic carbocycles. The molecule has 1 aliphatic heterocycles. The molecule has 3 heteroatoms. The van der Waals surface area contributed by atoms with Gasteiger partial charge in [0, 0.05) is 12.1 Å². The smallest absolute Gasteiger partial charge is 0.237 e. The zero-order valence-corrected chi connectivity index (χ0v) is 10.1. The van der Waals surface area contributed by atoms with Gasteiger partial charge in [0.05, 0.1) is 6.04 Å². The summed E-state index contributed by atoms with van der Waals surface area (Å²) < 4.78 is 0. The molecule has 1 heterocycles. The van der Waals surface area contributed by atoms with Crippen molar-refractivity contribution in [2.24, 2.45) is 0 Å². The van der Waals surface area contributed by atoms with Crippen LogP contribution in [-0.2, 0) is 17.8 Å². The van der Waals surface area contributed by atoms with Crippen molar-refractivity contribution in [1.82, 2.24) is 10.6 Å². The van der Waals surface area contributed by atoms with Gasteiger partial charge in [-0.3, -0.25) is 4.79 Å². The van der Waals surface area contributed by atoms with E-state index in [2.05, 4.69) is 29.7 Å². The lowest BCUT2D eigenvalue weighted by Gasteiger charge is -2.26. The molecule has 3 nitrogen and oxygen atoms in total. The summed E-state index contributed by atoms with van der Waals surface area (Å²) in [5.74, 6) is 0.152. The third kappa shape index (κ3) is 2.20. The number of rotatable bonds is 2. The summed E-state index contributed by atoms with van der Waals surface area (Å²) in [6.45, 7) is 2.91. The van der Waals surface area contributed by atoms with Crippen molar-refractivity contribution in [3.63, 3.8) is 0 Å². The number of nitrogens with one attached hydrogen (secondary N) is 2. The molecule has 1 fully saturated rings. The normalized spacial score (nSPS) is 24.9. The molecule has 1 aromatic rings. The minimum Gasteiger partial charge on any atom is -0.350 e. The Kier molecular flexibility index (Phi) is 2.44. The Morgan fingerprint density at radius 3 is 2.76 bits per heavy atom. The third-order valence-corrected chi connectivity index (χ3v) is 3.82. The van der Waals surface area contributed by atoms with Crippen molar-refractivity contribution < 1.29 is 4.79 Å². The van der Waals surface area contributed by atoms with E-state index in [0.717, 1.165) is 25.8 Å². The van der Waals surface area contributed by atoms with Gasteiger partial charge in [-0.1, -0.05) is 24.3 Å². The maximum absolute atomic E-state index is 12.1. The van der Waals surface area contributed by atoms with Crippen molar-refractivity contribution in [1.29, 1.82) is 0 Å². The van der Waals surface area contributed by atoms with Crippen LogP contribution in [-0.4, -0.2) is 17.5 Å². The molecule has 90 valence electrons. The van der Waals surface area contributed by atoms with Gasteiger partial charge in [-0.05, 0) is 37.3 Å². The summed E-state index contributed by atoms with van der Waals surface area (Å²) in [7, 11) is 0. The summed E-state index contributed by atoms with van der Waals surface area (Å²) in [4.78, 5) is 12.1. The first-order chi connectivity index (χ1) is 8.16. The van der Waals surface area contributed by atoms with Crippen LogP contribution in [0.15, 0.2) is 24.3 Å². The van der Waals surface area contributed by atoms with E-state index in [1.165, 1.54) is 11.1 Å². The first kappa shape index (κ1) is 10.8. The largest absolute Gasteiger partial charge is 0.350 e. The second kappa shape index (κ2) is 3.84. The molecule has 0 unspecified atom stereocenters. The van der Waals surface area contributed by atoms with Gasteiger partial charge in [0.2, 0.25) is 5.91 Å². The van der Waals surface area contributed by atoms with Gasteiger partial charge in [-0.15, -0.1) is 0 Å². The Balaban J connectivity index is 1.69. The van der Waals surface area contributed by atoms with E-state index in [-0.39, 0.29) is 17.5 Å². The molecular weight excluding hydrogens is 212 g/mol. The maximum atomic E-state index is 12.1. The Morgan fingerprint density at radius 1 is 1.35 bits per heavy atom. The molecule has 0 radical (unpaired) electrons. The first-order valence-corrected chi connectivity index (χ1v) is 6.28. The maximum Gasteiger partial charge on any atom is 0.237 e. The third-order valence-electron chi connectivity index (χ3n) is 3.82. The fraction of sp³-hybridized carbons (Fsp3) is 0.500. The zero-order chi connectivity index (χ0) is 11.9. The summed E-state index contributed by atoms with van der Waals surface area (Å²) in [6.07, 6.45) is 3.03. The summed E-state index contributed by atoms with van der Waals surface area (Å²) in [6, 6.07) is 8.27. The molecule has 0 spiro atoms. The molecule has 1 atom stereocenters. The first-order valence-electron chi connectivity index (χ1n) is 6.28. The minimum absolute atomic E-state index is 0.0673. The van der Waals surface area contributed by atoms with Gasteiger partial charge >= 0.3 is 0 Å². The van der Waals surface area contributed by atoms with E-state index in [1.807, 2.05) is 12.1 Å². The van der Waals surface area contributed by atoms with Crippen molar-refractivity contribution in [3.05, 3.63) is 35.4 Å². The average molecular weight is 230 g/mol. The van der Waals surface area contributed by atoms with Crippen LogP contribution in [0.2, 0.25) is 0 Å². The average Bonchev–Trinajstić information content (AvgIpc) is 3.06. The monoisotopic (exact) mass is 230 g/mol. The van der Waals surface area contributed by atoms with Crippen LogP contribution in [0.4, 0.5) is 0 Å². The molecule has 1 saturated carbocycles. The molecule has 2 N–H and O–H groups in total. The Bertz CT molecular complexity index is 451. The molecule has 3 rings (SSSR count). The quantitative estimate of drug-likeness (QED) is 0.805. The van der Waals surface area contributed by atoms with Crippen molar-refractivity contribution in [2.75, 3.05) is 0 Å². The highest BCUT2D eigenvalue weighted by Crippen LogP contribution is 2.34. The summed E-state index contributed by atoms with van der Waals surface area (Å²) >= 11 is 0. The SMILES string of the molecule is CC1(NC(=O)[C@H]2Cc3ccccc3CN2)CC1. The van der Waals surface area contributed by atoms with Gasteiger partial charge in [0.1, 0.15) is 0 Å². The highest BCUT2D eigenvalue weighted by molar-refractivity contribution is 5.83. The zero-order valence-electron chi connectivity index (χ0n) is 10.1. The molecule has 1 amide bonds. The number of hydrogen-bond acceptors (Lipinski definition) is 2. The van der Waals surface area contributed by atoms with Gasteiger partial charge in [0.15, 0.2) is 0 Å². The van der Waals surface area contributed by atoms with Crippen LogP contribution >= 0.6 is 0 Å². The lowest BCUT2D eigenvalue weighted by atomic mass is 9.95. The fourth-order valence-corrected chi connectivity index (χ4v) is 2.34. The van der Waals surface area contributed by atoms with Crippen LogP contribution in [0.5, 0.6) is 0 Å². The van der Waals surface area contributed by atoms with Gasteiger partial charge in [0.25, 0.3) is 0 Å². The highest BCUT2D eigenvalue weighted by atomic mass is 16.2. The van der Waals surface area contributed by atoms with E-state index >= 15 is 0 Å². The lowest BCUT2D eigenvalue weighted by molar-refractivity contribution is -0.124. The predicted octanol–water partition coefficient (Wildman–Crippen LogP) is 1.37.